The van der Waals surface area contributed by atoms with Crippen LogP contribution in [0, 0.1) is 0 Å². The van der Waals surface area contributed by atoms with E-state index in [4.69, 9.17) is 9.52 Å². The molecule has 1 fully saturated rings. The molecule has 0 saturated heterocycles. The summed E-state index contributed by atoms with van der Waals surface area (Å²) in [6, 6.07) is 0. The Morgan fingerprint density at radius 3 is 2.71 bits per heavy atom. The summed E-state index contributed by atoms with van der Waals surface area (Å²) in [5.41, 5.74) is 1.11. The number of hydrogen-bond donors (Lipinski definition) is 1. The Kier molecular flexibility index (Phi) is 2.87. The first-order valence-corrected chi connectivity index (χ1v) is 5.44. The fraction of sp³-hybridized carbons (Fsp3) is 0.727. The van der Waals surface area contributed by atoms with Crippen molar-refractivity contribution >= 4 is 0 Å². The first kappa shape index (κ1) is 9.71. The van der Waals surface area contributed by atoms with E-state index in [0.717, 1.165) is 17.9 Å². The Bertz CT molecular complexity index is 300. The number of aliphatic hydroxyl groups excluding tert-OH is 1. The van der Waals surface area contributed by atoms with Crippen molar-refractivity contribution in [1.82, 2.24) is 4.98 Å². The molecule has 14 heavy (non-hydrogen) atoms. The molecule has 0 unspecified atom stereocenters. The number of rotatable bonds is 3. The highest BCUT2D eigenvalue weighted by molar-refractivity contribution is 5.16. The molecule has 0 aromatic carbocycles. The second kappa shape index (κ2) is 4.13. The summed E-state index contributed by atoms with van der Waals surface area (Å²) in [6.45, 7) is 1.99. The van der Waals surface area contributed by atoms with Gasteiger partial charge in [-0.2, -0.15) is 0 Å². The van der Waals surface area contributed by atoms with Gasteiger partial charge >= 0.3 is 0 Å². The van der Waals surface area contributed by atoms with Gasteiger partial charge in [0.1, 0.15) is 12.4 Å². The largest absolute Gasteiger partial charge is 0.443 e. The average molecular weight is 195 g/mol. The summed E-state index contributed by atoms with van der Waals surface area (Å²) in [5.74, 6) is 2.03. The maximum Gasteiger partial charge on any atom is 0.220 e. The summed E-state index contributed by atoms with van der Waals surface area (Å²) in [7, 11) is 0. The van der Waals surface area contributed by atoms with E-state index in [1.54, 1.807) is 0 Å². The zero-order valence-corrected chi connectivity index (χ0v) is 8.62. The highest BCUT2D eigenvalue weighted by Crippen LogP contribution is 2.35. The molecule has 1 N–H and O–H groups in total. The summed E-state index contributed by atoms with van der Waals surface area (Å²) >= 11 is 0. The minimum absolute atomic E-state index is 0.0836. The van der Waals surface area contributed by atoms with Crippen molar-refractivity contribution < 1.29 is 9.52 Å². The van der Waals surface area contributed by atoms with Crippen LogP contribution in [0.4, 0.5) is 0 Å². The van der Waals surface area contributed by atoms with Crippen LogP contribution in [0.15, 0.2) is 4.42 Å². The van der Waals surface area contributed by atoms with Gasteiger partial charge in [0.15, 0.2) is 0 Å². The van der Waals surface area contributed by atoms with Gasteiger partial charge in [0.25, 0.3) is 0 Å². The molecule has 0 radical (unpaired) electrons. The zero-order valence-electron chi connectivity index (χ0n) is 8.62. The maximum atomic E-state index is 8.96. The van der Waals surface area contributed by atoms with Gasteiger partial charge in [0.2, 0.25) is 5.89 Å². The van der Waals surface area contributed by atoms with Crippen LogP contribution in [0.25, 0.3) is 0 Å². The Labute approximate surface area is 84.2 Å². The van der Waals surface area contributed by atoms with Crippen molar-refractivity contribution in [3.63, 3.8) is 0 Å². The van der Waals surface area contributed by atoms with E-state index in [2.05, 4.69) is 11.9 Å². The predicted molar refractivity (Wildman–Crippen MR) is 53.0 cm³/mol. The molecule has 0 atom stereocenters. The van der Waals surface area contributed by atoms with E-state index in [0.29, 0.717) is 11.8 Å². The Hall–Kier alpha value is -0.830. The fourth-order valence-electron chi connectivity index (χ4n) is 2.25. The number of hydrogen-bond acceptors (Lipinski definition) is 3. The number of oxazole rings is 1. The van der Waals surface area contributed by atoms with Crippen LogP contribution < -0.4 is 0 Å². The number of aliphatic hydroxyl groups is 1. The summed E-state index contributed by atoms with van der Waals surface area (Å²) in [4.78, 5) is 4.36. The lowest BCUT2D eigenvalue weighted by atomic mass is 10.0. The van der Waals surface area contributed by atoms with Crippen LogP contribution in [0.2, 0.25) is 0 Å². The summed E-state index contributed by atoms with van der Waals surface area (Å²) in [5, 5.41) is 8.96. The van der Waals surface area contributed by atoms with Gasteiger partial charge in [-0.05, 0) is 12.8 Å². The van der Waals surface area contributed by atoms with Gasteiger partial charge in [-0.3, -0.25) is 0 Å². The molecule has 1 heterocycles. The second-order valence-corrected chi connectivity index (χ2v) is 3.91. The first-order chi connectivity index (χ1) is 6.85. The lowest BCUT2D eigenvalue weighted by Gasteiger charge is -2.05. The minimum Gasteiger partial charge on any atom is -0.443 e. The normalized spacial score (nSPS) is 17.9. The van der Waals surface area contributed by atoms with Crippen molar-refractivity contribution in [2.24, 2.45) is 0 Å². The number of aromatic nitrogens is 1. The third-order valence-corrected chi connectivity index (χ3v) is 2.97. The van der Waals surface area contributed by atoms with Gasteiger partial charge in [0.05, 0.1) is 5.69 Å². The molecule has 0 spiro atoms. The molecule has 1 aliphatic carbocycles. The van der Waals surface area contributed by atoms with Crippen LogP contribution in [0.3, 0.4) is 0 Å². The molecular weight excluding hydrogens is 178 g/mol. The molecule has 0 bridgehead atoms. The standard InChI is InChI=1S/C11H17NO2/c1-2-9-11(8-5-3-4-6-8)12-10(7-13)14-9/h8,13H,2-7H2,1H3. The van der Waals surface area contributed by atoms with Gasteiger partial charge in [0, 0.05) is 12.3 Å². The molecule has 2 rings (SSSR count). The molecule has 0 amide bonds. The average Bonchev–Trinajstić information content (AvgIpc) is 2.85. The molecule has 1 aromatic heterocycles. The Balaban J connectivity index is 2.25. The molecule has 1 aromatic rings. The molecule has 78 valence electrons. The van der Waals surface area contributed by atoms with Gasteiger partial charge < -0.3 is 9.52 Å². The van der Waals surface area contributed by atoms with Crippen molar-refractivity contribution in [2.45, 2.75) is 51.6 Å². The van der Waals surface area contributed by atoms with Crippen LogP contribution in [-0.2, 0) is 13.0 Å². The summed E-state index contributed by atoms with van der Waals surface area (Å²) < 4.78 is 5.46. The van der Waals surface area contributed by atoms with Crippen molar-refractivity contribution in [3.8, 4) is 0 Å². The van der Waals surface area contributed by atoms with Crippen molar-refractivity contribution in [1.29, 1.82) is 0 Å². The first-order valence-electron chi connectivity index (χ1n) is 5.44. The monoisotopic (exact) mass is 195 g/mol. The number of aryl methyl sites for hydroxylation is 1. The quantitative estimate of drug-likeness (QED) is 0.805. The molecule has 3 nitrogen and oxygen atoms in total. The predicted octanol–water partition coefficient (Wildman–Crippen LogP) is 2.39. The molecule has 1 aliphatic rings. The second-order valence-electron chi connectivity index (χ2n) is 3.91. The SMILES string of the molecule is CCc1oc(CO)nc1C1CCCC1. The fourth-order valence-corrected chi connectivity index (χ4v) is 2.25. The van der Waals surface area contributed by atoms with Crippen LogP contribution in [0.5, 0.6) is 0 Å². The van der Waals surface area contributed by atoms with Gasteiger partial charge in [-0.25, -0.2) is 4.98 Å². The maximum absolute atomic E-state index is 8.96. The van der Waals surface area contributed by atoms with Crippen molar-refractivity contribution in [3.05, 3.63) is 17.3 Å². The lowest BCUT2D eigenvalue weighted by Crippen LogP contribution is -1.97. The topological polar surface area (TPSA) is 46.3 Å². The zero-order chi connectivity index (χ0) is 9.97. The molecule has 1 saturated carbocycles. The van der Waals surface area contributed by atoms with E-state index in [-0.39, 0.29) is 6.61 Å². The molecule has 0 aliphatic heterocycles. The van der Waals surface area contributed by atoms with E-state index < -0.39 is 0 Å². The van der Waals surface area contributed by atoms with Gasteiger partial charge in [-0.15, -0.1) is 0 Å². The summed E-state index contributed by atoms with van der Waals surface area (Å²) in [6.07, 6.45) is 5.93. The van der Waals surface area contributed by atoms with Gasteiger partial charge in [-0.1, -0.05) is 19.8 Å². The van der Waals surface area contributed by atoms with E-state index in [1.807, 2.05) is 0 Å². The highest BCUT2D eigenvalue weighted by atomic mass is 16.4. The highest BCUT2D eigenvalue weighted by Gasteiger charge is 2.24. The van der Waals surface area contributed by atoms with E-state index >= 15 is 0 Å². The third kappa shape index (κ3) is 1.69. The number of nitrogens with zero attached hydrogens (tertiary/aromatic N) is 1. The third-order valence-electron chi connectivity index (χ3n) is 2.97. The Morgan fingerprint density at radius 2 is 2.14 bits per heavy atom. The van der Waals surface area contributed by atoms with Crippen LogP contribution in [0.1, 0.15) is 55.9 Å². The van der Waals surface area contributed by atoms with Crippen molar-refractivity contribution in [2.75, 3.05) is 0 Å². The molecule has 3 heteroatoms. The van der Waals surface area contributed by atoms with E-state index in [1.165, 1.54) is 25.7 Å². The lowest BCUT2D eigenvalue weighted by molar-refractivity contribution is 0.237. The minimum atomic E-state index is -0.0836. The van der Waals surface area contributed by atoms with Crippen LogP contribution >= 0.6 is 0 Å². The van der Waals surface area contributed by atoms with Crippen LogP contribution in [-0.4, -0.2) is 10.1 Å². The molecular formula is C11H17NO2. The smallest absolute Gasteiger partial charge is 0.220 e. The van der Waals surface area contributed by atoms with E-state index in [9.17, 15) is 0 Å². The Morgan fingerprint density at radius 1 is 1.43 bits per heavy atom.